The minimum Gasteiger partial charge on any atom is -0.334 e. The van der Waals surface area contributed by atoms with Crippen molar-refractivity contribution in [3.05, 3.63) is 35.8 Å². The van der Waals surface area contributed by atoms with E-state index in [9.17, 15) is 18.0 Å². The third kappa shape index (κ3) is 3.24. The Morgan fingerprint density at radius 1 is 1.29 bits per heavy atom. The number of rotatable bonds is 2. The fourth-order valence-corrected chi connectivity index (χ4v) is 2.71. The average Bonchev–Trinajstić information content (AvgIpc) is 3.04. The van der Waals surface area contributed by atoms with Crippen molar-refractivity contribution in [3.8, 4) is 5.82 Å². The van der Waals surface area contributed by atoms with Crippen LogP contribution in [-0.4, -0.2) is 43.4 Å². The zero-order valence-corrected chi connectivity index (χ0v) is 13.0. The molecule has 0 bridgehead atoms. The van der Waals surface area contributed by atoms with Crippen molar-refractivity contribution >= 4 is 5.91 Å². The monoisotopic (exact) mass is 339 g/mol. The van der Waals surface area contributed by atoms with Crippen molar-refractivity contribution in [2.75, 3.05) is 6.54 Å². The predicted octanol–water partition coefficient (Wildman–Crippen LogP) is 2.70. The Labute approximate surface area is 136 Å². The van der Waals surface area contributed by atoms with Gasteiger partial charge >= 0.3 is 6.18 Å². The molecule has 0 saturated carbocycles. The fraction of sp³-hybridized carbons (Fsp3) is 0.467. The Balaban J connectivity index is 1.79. The van der Waals surface area contributed by atoms with E-state index in [0.29, 0.717) is 6.54 Å². The lowest BCUT2D eigenvalue weighted by atomic mass is 10.0. The van der Waals surface area contributed by atoms with Gasteiger partial charge in [0.05, 0.1) is 11.8 Å². The van der Waals surface area contributed by atoms with Gasteiger partial charge in [0, 0.05) is 18.8 Å². The Morgan fingerprint density at radius 3 is 2.71 bits per heavy atom. The number of carbonyl (C=O) groups is 1. The lowest BCUT2D eigenvalue weighted by Crippen LogP contribution is -2.42. The van der Waals surface area contributed by atoms with Gasteiger partial charge in [0.25, 0.3) is 5.91 Å². The number of pyridine rings is 1. The minimum absolute atomic E-state index is 0.139. The lowest BCUT2D eigenvalue weighted by Gasteiger charge is -2.32. The number of hydrogen-bond donors (Lipinski definition) is 0. The van der Waals surface area contributed by atoms with E-state index in [-0.39, 0.29) is 23.5 Å². The number of alkyl halides is 3. The number of hydrogen-bond acceptors (Lipinski definition) is 4. The van der Waals surface area contributed by atoms with Gasteiger partial charge in [-0.2, -0.15) is 13.2 Å². The molecule has 9 heteroatoms. The molecule has 0 aliphatic carbocycles. The summed E-state index contributed by atoms with van der Waals surface area (Å²) in [4.78, 5) is 18.0. The van der Waals surface area contributed by atoms with Crippen LogP contribution in [0.4, 0.5) is 13.2 Å². The van der Waals surface area contributed by atoms with Crippen LogP contribution < -0.4 is 0 Å². The average molecular weight is 339 g/mol. The SMILES string of the molecule is C[C@@H]1CCCCN1C(=O)c1cn(-c2ccc(C(F)(F)F)cn2)nn1. The number of carbonyl (C=O) groups excluding carboxylic acids is 1. The van der Waals surface area contributed by atoms with Gasteiger partial charge in [-0.15, -0.1) is 5.10 Å². The van der Waals surface area contributed by atoms with Crippen molar-refractivity contribution < 1.29 is 18.0 Å². The van der Waals surface area contributed by atoms with Crippen LogP contribution in [0.15, 0.2) is 24.5 Å². The number of nitrogens with zero attached hydrogens (tertiary/aromatic N) is 5. The summed E-state index contributed by atoms with van der Waals surface area (Å²) in [7, 11) is 0. The number of aromatic nitrogens is 4. The Bertz CT molecular complexity index is 725. The summed E-state index contributed by atoms with van der Waals surface area (Å²) in [5.74, 6) is -0.0541. The fourth-order valence-electron chi connectivity index (χ4n) is 2.71. The predicted molar refractivity (Wildman–Crippen MR) is 78.5 cm³/mol. The molecule has 1 fully saturated rings. The van der Waals surface area contributed by atoms with Gasteiger partial charge in [-0.05, 0) is 38.3 Å². The van der Waals surface area contributed by atoms with E-state index in [1.165, 1.54) is 16.9 Å². The number of amides is 1. The zero-order chi connectivity index (χ0) is 17.3. The van der Waals surface area contributed by atoms with E-state index in [1.807, 2.05) is 6.92 Å². The highest BCUT2D eigenvalue weighted by atomic mass is 19.4. The van der Waals surface area contributed by atoms with E-state index in [4.69, 9.17) is 0 Å². The van der Waals surface area contributed by atoms with Crippen molar-refractivity contribution in [2.24, 2.45) is 0 Å². The molecule has 1 atom stereocenters. The van der Waals surface area contributed by atoms with Gasteiger partial charge in [-0.1, -0.05) is 5.21 Å². The van der Waals surface area contributed by atoms with E-state index in [1.54, 1.807) is 4.90 Å². The maximum absolute atomic E-state index is 12.5. The van der Waals surface area contributed by atoms with E-state index in [2.05, 4.69) is 15.3 Å². The Hall–Kier alpha value is -2.45. The van der Waals surface area contributed by atoms with Crippen LogP contribution in [0.25, 0.3) is 5.82 Å². The molecule has 128 valence electrons. The molecule has 0 spiro atoms. The first-order chi connectivity index (χ1) is 11.4. The third-order valence-corrected chi connectivity index (χ3v) is 4.09. The van der Waals surface area contributed by atoms with Crippen molar-refractivity contribution in [2.45, 2.75) is 38.4 Å². The number of likely N-dealkylation sites (tertiary alicyclic amines) is 1. The summed E-state index contributed by atoms with van der Waals surface area (Å²) < 4.78 is 38.8. The van der Waals surface area contributed by atoms with Crippen molar-refractivity contribution in [1.29, 1.82) is 0 Å². The highest BCUT2D eigenvalue weighted by Crippen LogP contribution is 2.28. The first kappa shape index (κ1) is 16.4. The van der Waals surface area contributed by atoms with Crippen LogP contribution in [0.3, 0.4) is 0 Å². The molecule has 1 aliphatic heterocycles. The first-order valence-corrected chi connectivity index (χ1v) is 7.63. The van der Waals surface area contributed by atoms with Gasteiger partial charge < -0.3 is 4.90 Å². The van der Waals surface area contributed by atoms with Crippen molar-refractivity contribution in [1.82, 2.24) is 24.9 Å². The molecular formula is C15H16F3N5O. The van der Waals surface area contributed by atoms with Gasteiger partial charge in [-0.25, -0.2) is 9.67 Å². The van der Waals surface area contributed by atoms with Crippen molar-refractivity contribution in [3.63, 3.8) is 0 Å². The normalized spacial score (nSPS) is 18.7. The molecule has 2 aromatic rings. The van der Waals surface area contributed by atoms with Crippen LogP contribution in [-0.2, 0) is 6.18 Å². The first-order valence-electron chi connectivity index (χ1n) is 7.63. The molecule has 2 aromatic heterocycles. The quantitative estimate of drug-likeness (QED) is 0.844. The van der Waals surface area contributed by atoms with Gasteiger partial charge in [0.2, 0.25) is 0 Å². The molecule has 3 heterocycles. The summed E-state index contributed by atoms with van der Waals surface area (Å²) in [6.07, 6.45) is 0.655. The van der Waals surface area contributed by atoms with Crippen LogP contribution in [0.1, 0.15) is 42.2 Å². The zero-order valence-electron chi connectivity index (χ0n) is 13.0. The second kappa shape index (κ2) is 6.21. The Morgan fingerprint density at radius 2 is 2.08 bits per heavy atom. The summed E-state index contributed by atoms with van der Waals surface area (Å²) in [5.41, 5.74) is -0.685. The lowest BCUT2D eigenvalue weighted by molar-refractivity contribution is -0.137. The van der Waals surface area contributed by atoms with Crippen LogP contribution in [0.2, 0.25) is 0 Å². The highest BCUT2D eigenvalue weighted by molar-refractivity contribution is 5.92. The van der Waals surface area contributed by atoms with Gasteiger partial charge in [0.1, 0.15) is 0 Å². The van der Waals surface area contributed by atoms with Crippen LogP contribution >= 0.6 is 0 Å². The summed E-state index contributed by atoms with van der Waals surface area (Å²) in [6, 6.07) is 2.24. The largest absolute Gasteiger partial charge is 0.417 e. The summed E-state index contributed by atoms with van der Waals surface area (Å²) in [5, 5.41) is 7.63. The second-order valence-corrected chi connectivity index (χ2v) is 5.79. The third-order valence-electron chi connectivity index (χ3n) is 4.09. The standard InChI is InChI=1S/C15H16F3N5O/c1-10-4-2-3-7-22(10)14(24)12-9-23(21-20-12)13-6-5-11(8-19-13)15(16,17)18/h5-6,8-10H,2-4,7H2,1H3/t10-/m1/s1. The molecule has 1 amide bonds. The van der Waals surface area contributed by atoms with Crippen LogP contribution in [0.5, 0.6) is 0 Å². The molecular weight excluding hydrogens is 323 g/mol. The minimum atomic E-state index is -4.45. The molecule has 0 N–H and O–H groups in total. The van der Waals surface area contributed by atoms with Gasteiger partial charge in [0.15, 0.2) is 11.5 Å². The molecule has 0 unspecified atom stereocenters. The van der Waals surface area contributed by atoms with Gasteiger partial charge in [-0.3, -0.25) is 4.79 Å². The maximum atomic E-state index is 12.5. The van der Waals surface area contributed by atoms with Crippen LogP contribution in [0, 0.1) is 0 Å². The molecule has 1 aliphatic rings. The number of halogens is 3. The highest BCUT2D eigenvalue weighted by Gasteiger charge is 2.31. The smallest absolute Gasteiger partial charge is 0.334 e. The maximum Gasteiger partial charge on any atom is 0.417 e. The second-order valence-electron chi connectivity index (χ2n) is 5.79. The van der Waals surface area contributed by atoms with E-state index in [0.717, 1.165) is 31.5 Å². The molecule has 6 nitrogen and oxygen atoms in total. The number of piperidine rings is 1. The molecule has 0 radical (unpaired) electrons. The Kier molecular flexibility index (Phi) is 4.25. The van der Waals surface area contributed by atoms with E-state index < -0.39 is 11.7 Å². The topological polar surface area (TPSA) is 63.9 Å². The molecule has 1 saturated heterocycles. The molecule has 0 aromatic carbocycles. The van der Waals surface area contributed by atoms with E-state index >= 15 is 0 Å². The summed E-state index contributed by atoms with van der Waals surface area (Å²) >= 11 is 0. The molecule has 3 rings (SSSR count). The summed E-state index contributed by atoms with van der Waals surface area (Å²) in [6.45, 7) is 2.66. The molecule has 24 heavy (non-hydrogen) atoms.